The van der Waals surface area contributed by atoms with Crippen LogP contribution in [0.4, 0.5) is 5.69 Å². The molecule has 150 valence electrons. The van der Waals surface area contributed by atoms with Crippen molar-refractivity contribution < 1.29 is 27.8 Å². The maximum atomic E-state index is 13.0. The van der Waals surface area contributed by atoms with Gasteiger partial charge < -0.3 is 14.6 Å². The molecular formula is C20H23NO6S. The summed E-state index contributed by atoms with van der Waals surface area (Å²) in [7, 11) is -2.57. The van der Waals surface area contributed by atoms with Crippen molar-refractivity contribution in [2.45, 2.75) is 36.7 Å². The number of sulfonamides is 1. The summed E-state index contributed by atoms with van der Waals surface area (Å²) in [4.78, 5) is 11.3. The molecule has 28 heavy (non-hydrogen) atoms. The van der Waals surface area contributed by atoms with E-state index in [1.54, 1.807) is 24.3 Å². The average Bonchev–Trinajstić information content (AvgIpc) is 3.20. The van der Waals surface area contributed by atoms with Crippen LogP contribution in [0.2, 0.25) is 0 Å². The number of nitrogens with zero attached hydrogens (tertiary/aromatic N) is 1. The predicted octanol–water partition coefficient (Wildman–Crippen LogP) is 3.30. The van der Waals surface area contributed by atoms with Crippen molar-refractivity contribution in [2.24, 2.45) is 0 Å². The number of carboxylic acids is 1. The van der Waals surface area contributed by atoms with E-state index in [1.165, 1.54) is 31.4 Å². The first-order valence-corrected chi connectivity index (χ1v) is 10.5. The number of rotatable bonds is 8. The average molecular weight is 405 g/mol. The third-order valence-corrected chi connectivity index (χ3v) is 6.44. The predicted molar refractivity (Wildman–Crippen MR) is 104 cm³/mol. The molecule has 7 nitrogen and oxygen atoms in total. The van der Waals surface area contributed by atoms with Gasteiger partial charge in [-0.25, -0.2) is 8.42 Å². The number of hydrogen-bond donors (Lipinski definition) is 1. The molecule has 3 rings (SSSR count). The molecule has 0 heterocycles. The number of methoxy groups -OCH3 is 1. The monoisotopic (exact) mass is 405 g/mol. The van der Waals surface area contributed by atoms with E-state index >= 15 is 0 Å². The van der Waals surface area contributed by atoms with Crippen LogP contribution in [0.15, 0.2) is 53.4 Å². The molecule has 0 radical (unpaired) electrons. The second kappa shape index (κ2) is 8.52. The molecule has 1 aliphatic carbocycles. The maximum absolute atomic E-state index is 13.0. The Bertz CT molecular complexity index is 903. The second-order valence-electron chi connectivity index (χ2n) is 6.60. The Labute approximate surface area is 164 Å². The van der Waals surface area contributed by atoms with Crippen LogP contribution in [0, 0.1) is 0 Å². The first kappa shape index (κ1) is 20.0. The minimum atomic E-state index is -4.05. The third-order valence-electron chi connectivity index (χ3n) is 4.66. The van der Waals surface area contributed by atoms with E-state index in [9.17, 15) is 18.3 Å². The molecular weight excluding hydrogens is 382 g/mol. The molecule has 0 spiro atoms. The number of carboxylic acid groups (broad SMARTS) is 1. The van der Waals surface area contributed by atoms with E-state index in [1.807, 2.05) is 0 Å². The summed E-state index contributed by atoms with van der Waals surface area (Å²) >= 11 is 0. The first-order valence-electron chi connectivity index (χ1n) is 9.05. The van der Waals surface area contributed by atoms with Crippen molar-refractivity contribution in [3.05, 3.63) is 48.5 Å². The number of ether oxygens (including phenoxy) is 2. The number of aliphatic carboxylic acids is 1. The molecule has 1 aliphatic rings. The lowest BCUT2D eigenvalue weighted by atomic mass is 10.2. The van der Waals surface area contributed by atoms with Crippen LogP contribution in [0.25, 0.3) is 0 Å². The van der Waals surface area contributed by atoms with Gasteiger partial charge in [0.2, 0.25) is 0 Å². The second-order valence-corrected chi connectivity index (χ2v) is 8.46. The molecule has 0 saturated heterocycles. The number of anilines is 1. The van der Waals surface area contributed by atoms with Crippen LogP contribution in [0.1, 0.15) is 25.7 Å². The Morgan fingerprint density at radius 3 is 2.14 bits per heavy atom. The van der Waals surface area contributed by atoms with Gasteiger partial charge in [0.25, 0.3) is 10.0 Å². The molecule has 0 aromatic heterocycles. The summed E-state index contributed by atoms with van der Waals surface area (Å²) in [6, 6.07) is 12.3. The molecule has 1 fully saturated rings. The maximum Gasteiger partial charge on any atom is 0.324 e. The van der Waals surface area contributed by atoms with Gasteiger partial charge in [-0.2, -0.15) is 0 Å². The molecule has 1 N–H and O–H groups in total. The highest BCUT2D eigenvalue weighted by molar-refractivity contribution is 7.92. The number of benzene rings is 2. The van der Waals surface area contributed by atoms with Crippen LogP contribution in [0.3, 0.4) is 0 Å². The van der Waals surface area contributed by atoms with E-state index in [-0.39, 0.29) is 16.7 Å². The van der Waals surface area contributed by atoms with Gasteiger partial charge in [-0.15, -0.1) is 0 Å². The Balaban J connectivity index is 1.86. The van der Waals surface area contributed by atoms with E-state index in [0.717, 1.165) is 30.0 Å². The highest BCUT2D eigenvalue weighted by Gasteiger charge is 2.27. The standard InChI is InChI=1S/C20H23NO6S/c1-26-16-10-12-19(13-11-16)28(24,25)21(14-20(22)23)15-6-8-18(9-7-15)27-17-4-2-3-5-17/h6-13,17H,2-5,14H2,1H3,(H,22,23). The zero-order valence-corrected chi connectivity index (χ0v) is 16.4. The number of carbonyl (C=O) groups is 1. The van der Waals surface area contributed by atoms with Crippen LogP contribution in [-0.4, -0.2) is 39.3 Å². The fourth-order valence-electron chi connectivity index (χ4n) is 3.20. The molecule has 2 aromatic carbocycles. The first-order chi connectivity index (χ1) is 13.4. The molecule has 2 aromatic rings. The summed E-state index contributed by atoms with van der Waals surface area (Å²) in [5.74, 6) is -0.0895. The smallest absolute Gasteiger partial charge is 0.324 e. The van der Waals surface area contributed by atoms with Gasteiger partial charge in [-0.1, -0.05) is 0 Å². The Morgan fingerprint density at radius 2 is 1.61 bits per heavy atom. The van der Waals surface area contributed by atoms with Crippen molar-refractivity contribution >= 4 is 21.7 Å². The SMILES string of the molecule is COc1ccc(S(=O)(=O)N(CC(=O)O)c2ccc(OC3CCCC3)cc2)cc1. The van der Waals surface area contributed by atoms with Gasteiger partial charge in [0.1, 0.15) is 18.0 Å². The lowest BCUT2D eigenvalue weighted by Gasteiger charge is -2.23. The molecule has 0 bridgehead atoms. The van der Waals surface area contributed by atoms with Gasteiger partial charge in [-0.3, -0.25) is 9.10 Å². The van der Waals surface area contributed by atoms with E-state index in [2.05, 4.69) is 0 Å². The molecule has 1 saturated carbocycles. The van der Waals surface area contributed by atoms with Crippen molar-refractivity contribution in [2.75, 3.05) is 18.0 Å². The Hall–Kier alpha value is -2.74. The van der Waals surface area contributed by atoms with Gasteiger partial charge >= 0.3 is 5.97 Å². The highest BCUT2D eigenvalue weighted by atomic mass is 32.2. The van der Waals surface area contributed by atoms with E-state index in [0.29, 0.717) is 11.5 Å². The van der Waals surface area contributed by atoms with E-state index < -0.39 is 22.5 Å². The molecule has 0 aliphatic heterocycles. The summed E-state index contributed by atoms with van der Waals surface area (Å²) in [6.07, 6.45) is 4.51. The van der Waals surface area contributed by atoms with Crippen LogP contribution in [0.5, 0.6) is 11.5 Å². The Morgan fingerprint density at radius 1 is 1.04 bits per heavy atom. The van der Waals surface area contributed by atoms with Crippen molar-refractivity contribution in [1.29, 1.82) is 0 Å². The fraction of sp³-hybridized carbons (Fsp3) is 0.350. The van der Waals surface area contributed by atoms with Crippen molar-refractivity contribution in [3.63, 3.8) is 0 Å². The highest BCUT2D eigenvalue weighted by Crippen LogP contribution is 2.29. The summed E-state index contributed by atoms with van der Waals surface area (Å²) < 4.78 is 37.8. The van der Waals surface area contributed by atoms with Gasteiger partial charge in [0.05, 0.1) is 23.8 Å². The largest absolute Gasteiger partial charge is 0.497 e. The topological polar surface area (TPSA) is 93.1 Å². The third kappa shape index (κ3) is 4.56. The van der Waals surface area contributed by atoms with Crippen LogP contribution < -0.4 is 13.8 Å². The Kier molecular flexibility index (Phi) is 6.08. The van der Waals surface area contributed by atoms with Gasteiger partial charge in [-0.05, 0) is 74.2 Å². The minimum absolute atomic E-state index is 0.0131. The van der Waals surface area contributed by atoms with Crippen molar-refractivity contribution in [1.82, 2.24) is 0 Å². The van der Waals surface area contributed by atoms with Gasteiger partial charge in [0.15, 0.2) is 0 Å². The fourth-order valence-corrected chi connectivity index (χ4v) is 4.62. The normalized spacial score (nSPS) is 14.6. The quantitative estimate of drug-likeness (QED) is 0.724. The lowest BCUT2D eigenvalue weighted by Crippen LogP contribution is -2.35. The summed E-state index contributed by atoms with van der Waals surface area (Å²) in [6.45, 7) is -0.683. The zero-order valence-electron chi connectivity index (χ0n) is 15.6. The van der Waals surface area contributed by atoms with Crippen LogP contribution in [-0.2, 0) is 14.8 Å². The van der Waals surface area contributed by atoms with Gasteiger partial charge in [0, 0.05) is 0 Å². The zero-order chi connectivity index (χ0) is 20.1. The molecule has 0 unspecified atom stereocenters. The lowest BCUT2D eigenvalue weighted by molar-refractivity contribution is -0.135. The molecule has 0 amide bonds. The van der Waals surface area contributed by atoms with E-state index in [4.69, 9.17) is 9.47 Å². The van der Waals surface area contributed by atoms with Crippen molar-refractivity contribution in [3.8, 4) is 11.5 Å². The van der Waals surface area contributed by atoms with Crippen LogP contribution >= 0.6 is 0 Å². The summed E-state index contributed by atoms with van der Waals surface area (Å²) in [5, 5.41) is 9.23. The summed E-state index contributed by atoms with van der Waals surface area (Å²) in [5.41, 5.74) is 0.261. The molecule has 8 heteroatoms. The number of hydrogen-bond acceptors (Lipinski definition) is 5. The minimum Gasteiger partial charge on any atom is -0.497 e. The molecule has 0 atom stereocenters.